The molecule has 0 spiro atoms. The highest BCUT2D eigenvalue weighted by Gasteiger charge is 2.04. The highest BCUT2D eigenvalue weighted by Crippen LogP contribution is 2.07. The minimum atomic E-state index is 0.403. The average Bonchev–Trinajstić information content (AvgIpc) is 2.76. The molecule has 0 aliphatic heterocycles. The van der Waals surface area contributed by atoms with E-state index in [4.69, 9.17) is 10.3 Å². The van der Waals surface area contributed by atoms with Crippen molar-refractivity contribution in [3.63, 3.8) is 0 Å². The number of nitrogens with two attached hydrogens (primary N) is 1. The van der Waals surface area contributed by atoms with Crippen LogP contribution in [0.1, 0.15) is 11.5 Å². The summed E-state index contributed by atoms with van der Waals surface area (Å²) in [6, 6.07) is 1.84. The van der Waals surface area contributed by atoms with Crippen molar-refractivity contribution in [1.82, 2.24) is 14.9 Å². The molecule has 0 radical (unpaired) electrons. The van der Waals surface area contributed by atoms with Gasteiger partial charge in [0.2, 0.25) is 0 Å². The maximum Gasteiger partial charge on any atom is 0.158 e. The number of hydrogen-bond donors (Lipinski definition) is 1. The quantitative estimate of drug-likeness (QED) is 0.858. The zero-order chi connectivity index (χ0) is 9.97. The van der Waals surface area contributed by atoms with Crippen molar-refractivity contribution < 1.29 is 4.52 Å². The van der Waals surface area contributed by atoms with Gasteiger partial charge in [-0.1, -0.05) is 5.16 Å². The van der Waals surface area contributed by atoms with E-state index in [0.717, 1.165) is 15.0 Å². The lowest BCUT2D eigenvalue weighted by atomic mass is 10.3. The van der Waals surface area contributed by atoms with E-state index in [-0.39, 0.29) is 0 Å². The van der Waals surface area contributed by atoms with Crippen LogP contribution in [0.2, 0.25) is 0 Å². The molecule has 0 bridgehead atoms. The molecule has 6 heteroatoms. The van der Waals surface area contributed by atoms with Crippen LogP contribution < -0.4 is 5.73 Å². The summed E-state index contributed by atoms with van der Waals surface area (Å²) < 4.78 is 7.97. The standard InChI is InChI=1S/C8H9IN4O/c9-6-3-11-13(4-6)5-8-1-7(2-10)12-14-8/h1,3-4H,2,5,10H2. The Morgan fingerprint density at radius 1 is 1.57 bits per heavy atom. The molecular formula is C8H9IN4O. The molecule has 0 aliphatic rings. The van der Waals surface area contributed by atoms with Crippen molar-refractivity contribution >= 4 is 22.6 Å². The first-order chi connectivity index (χ1) is 6.78. The highest BCUT2D eigenvalue weighted by atomic mass is 127. The molecule has 14 heavy (non-hydrogen) atoms. The van der Waals surface area contributed by atoms with Crippen LogP contribution in [-0.2, 0) is 13.1 Å². The first-order valence-corrected chi connectivity index (χ1v) is 5.18. The molecule has 74 valence electrons. The SMILES string of the molecule is NCc1cc(Cn2cc(I)cn2)on1. The Morgan fingerprint density at radius 2 is 2.43 bits per heavy atom. The molecule has 5 nitrogen and oxygen atoms in total. The van der Waals surface area contributed by atoms with Crippen molar-refractivity contribution in [3.05, 3.63) is 33.5 Å². The molecule has 0 aromatic carbocycles. The van der Waals surface area contributed by atoms with Crippen LogP contribution >= 0.6 is 22.6 Å². The molecule has 2 aromatic heterocycles. The molecule has 0 atom stereocenters. The maximum atomic E-state index is 5.41. The Morgan fingerprint density at radius 3 is 3.00 bits per heavy atom. The van der Waals surface area contributed by atoms with E-state index in [2.05, 4.69) is 32.8 Å². The summed E-state index contributed by atoms with van der Waals surface area (Å²) in [5.74, 6) is 0.768. The summed E-state index contributed by atoms with van der Waals surface area (Å²) in [5.41, 5.74) is 6.18. The van der Waals surface area contributed by atoms with E-state index < -0.39 is 0 Å². The zero-order valence-corrected chi connectivity index (χ0v) is 9.51. The fourth-order valence-electron chi connectivity index (χ4n) is 1.11. The fraction of sp³-hybridized carbons (Fsp3) is 0.250. The van der Waals surface area contributed by atoms with E-state index in [1.165, 1.54) is 0 Å². The minimum Gasteiger partial charge on any atom is -0.359 e. The molecule has 0 saturated heterocycles. The normalized spacial score (nSPS) is 10.7. The first-order valence-electron chi connectivity index (χ1n) is 4.10. The van der Waals surface area contributed by atoms with Crippen molar-refractivity contribution in [3.8, 4) is 0 Å². The largest absolute Gasteiger partial charge is 0.359 e. The summed E-state index contributed by atoms with van der Waals surface area (Å²) in [5, 5.41) is 7.93. The number of halogens is 1. The van der Waals surface area contributed by atoms with E-state index in [1.54, 1.807) is 10.9 Å². The third-order valence-corrected chi connectivity index (χ3v) is 2.29. The molecule has 2 aromatic rings. The van der Waals surface area contributed by atoms with Crippen LogP contribution in [-0.4, -0.2) is 14.9 Å². The first kappa shape index (κ1) is 9.66. The molecule has 2 heterocycles. The number of rotatable bonds is 3. The average molecular weight is 304 g/mol. The van der Waals surface area contributed by atoms with E-state index in [1.807, 2.05) is 12.3 Å². The lowest BCUT2D eigenvalue weighted by molar-refractivity contribution is 0.366. The third kappa shape index (κ3) is 2.13. The van der Waals surface area contributed by atoms with Crippen LogP contribution in [0.3, 0.4) is 0 Å². The van der Waals surface area contributed by atoms with Crippen molar-refractivity contribution in [2.24, 2.45) is 5.73 Å². The number of hydrogen-bond acceptors (Lipinski definition) is 4. The van der Waals surface area contributed by atoms with Crippen LogP contribution in [0.15, 0.2) is 23.0 Å². The molecule has 0 aliphatic carbocycles. The van der Waals surface area contributed by atoms with Gasteiger partial charge >= 0.3 is 0 Å². The van der Waals surface area contributed by atoms with Crippen molar-refractivity contribution in [2.75, 3.05) is 0 Å². The maximum absolute atomic E-state index is 5.41. The fourth-order valence-corrected chi connectivity index (χ4v) is 1.56. The molecular weight excluding hydrogens is 295 g/mol. The van der Waals surface area contributed by atoms with Gasteiger partial charge in [-0.05, 0) is 22.6 Å². The van der Waals surface area contributed by atoms with Crippen LogP contribution in [0.25, 0.3) is 0 Å². The monoisotopic (exact) mass is 304 g/mol. The predicted octanol–water partition coefficient (Wildman–Crippen LogP) is 0.983. The third-order valence-electron chi connectivity index (χ3n) is 1.74. The summed E-state index contributed by atoms with van der Waals surface area (Å²) in [6.07, 6.45) is 3.73. The Balaban J connectivity index is 2.10. The van der Waals surface area contributed by atoms with Gasteiger partial charge in [0.15, 0.2) is 5.76 Å². The van der Waals surface area contributed by atoms with Crippen LogP contribution in [0, 0.1) is 3.57 Å². The lowest BCUT2D eigenvalue weighted by Crippen LogP contribution is -1.98. The summed E-state index contributed by atoms with van der Waals surface area (Å²) >= 11 is 2.21. The van der Waals surface area contributed by atoms with Gasteiger partial charge < -0.3 is 10.3 Å². The lowest BCUT2D eigenvalue weighted by Gasteiger charge is -1.94. The predicted molar refractivity (Wildman–Crippen MR) is 58.4 cm³/mol. The van der Waals surface area contributed by atoms with E-state index in [0.29, 0.717) is 13.1 Å². The van der Waals surface area contributed by atoms with Gasteiger partial charge in [0, 0.05) is 18.8 Å². The summed E-state index contributed by atoms with van der Waals surface area (Å²) in [4.78, 5) is 0. The van der Waals surface area contributed by atoms with Gasteiger partial charge in [0.05, 0.1) is 15.5 Å². The summed E-state index contributed by atoms with van der Waals surface area (Å²) in [6.45, 7) is 0.996. The molecule has 0 amide bonds. The van der Waals surface area contributed by atoms with Gasteiger partial charge in [0.1, 0.15) is 6.54 Å². The second-order valence-electron chi connectivity index (χ2n) is 2.84. The Kier molecular flexibility index (Phi) is 2.82. The zero-order valence-electron chi connectivity index (χ0n) is 7.35. The topological polar surface area (TPSA) is 69.9 Å². The van der Waals surface area contributed by atoms with E-state index >= 15 is 0 Å². The van der Waals surface area contributed by atoms with Gasteiger partial charge in [-0.3, -0.25) is 4.68 Å². The van der Waals surface area contributed by atoms with Gasteiger partial charge in [-0.2, -0.15) is 5.10 Å². The van der Waals surface area contributed by atoms with Gasteiger partial charge in [0.25, 0.3) is 0 Å². The van der Waals surface area contributed by atoms with Gasteiger partial charge in [-0.25, -0.2) is 0 Å². The second-order valence-corrected chi connectivity index (χ2v) is 4.09. The highest BCUT2D eigenvalue weighted by molar-refractivity contribution is 14.1. The Labute approximate surface area is 94.4 Å². The smallest absolute Gasteiger partial charge is 0.158 e. The van der Waals surface area contributed by atoms with Gasteiger partial charge in [-0.15, -0.1) is 0 Å². The molecule has 2 N–H and O–H groups in total. The number of nitrogens with zero attached hydrogens (tertiary/aromatic N) is 3. The van der Waals surface area contributed by atoms with Crippen molar-refractivity contribution in [1.29, 1.82) is 0 Å². The van der Waals surface area contributed by atoms with Crippen LogP contribution in [0.5, 0.6) is 0 Å². The van der Waals surface area contributed by atoms with Crippen molar-refractivity contribution in [2.45, 2.75) is 13.1 Å². The second kappa shape index (κ2) is 4.09. The number of aromatic nitrogens is 3. The minimum absolute atomic E-state index is 0.403. The van der Waals surface area contributed by atoms with E-state index in [9.17, 15) is 0 Å². The Bertz CT molecular complexity index is 422. The molecule has 0 unspecified atom stereocenters. The molecule has 0 fully saturated rings. The van der Waals surface area contributed by atoms with Crippen LogP contribution in [0.4, 0.5) is 0 Å². The molecule has 2 rings (SSSR count). The molecule has 0 saturated carbocycles. The summed E-state index contributed by atoms with van der Waals surface area (Å²) in [7, 11) is 0. The Hall–Kier alpha value is -0.890.